The molecule has 2 aromatic carbocycles. The molecule has 162 valence electrons. The Kier molecular flexibility index (Phi) is 5.90. The predicted molar refractivity (Wildman–Crippen MR) is 123 cm³/mol. The van der Waals surface area contributed by atoms with Gasteiger partial charge in [0.1, 0.15) is 6.54 Å². The lowest BCUT2D eigenvalue weighted by Crippen LogP contribution is -2.46. The first-order valence-corrected chi connectivity index (χ1v) is 10.6. The van der Waals surface area contributed by atoms with E-state index < -0.39 is 11.1 Å². The number of likely N-dealkylation sites (N-methyl/N-ethyl adjacent to an activating group) is 1. The lowest BCUT2D eigenvalue weighted by Gasteiger charge is -2.35. The molecule has 4 rings (SSSR count). The SMILES string of the molecule is CCN1CCN(c2ccc(NC(=O)Cn3[nH]c(=O)c4ccccc4c3=O)c(C)c2)CC1. The van der Waals surface area contributed by atoms with Crippen LogP contribution in [0.25, 0.3) is 10.8 Å². The Hall–Kier alpha value is -3.39. The van der Waals surface area contributed by atoms with Crippen LogP contribution in [0.2, 0.25) is 0 Å². The summed E-state index contributed by atoms with van der Waals surface area (Å²) in [5.74, 6) is -0.375. The minimum atomic E-state index is -0.399. The van der Waals surface area contributed by atoms with Gasteiger partial charge < -0.3 is 15.1 Å². The van der Waals surface area contributed by atoms with Crippen LogP contribution in [0, 0.1) is 6.92 Å². The van der Waals surface area contributed by atoms with E-state index in [9.17, 15) is 14.4 Å². The maximum atomic E-state index is 12.6. The average molecular weight is 422 g/mol. The van der Waals surface area contributed by atoms with E-state index in [1.54, 1.807) is 24.3 Å². The number of aromatic amines is 1. The van der Waals surface area contributed by atoms with Crippen molar-refractivity contribution in [3.63, 3.8) is 0 Å². The highest BCUT2D eigenvalue weighted by atomic mass is 16.2. The van der Waals surface area contributed by atoms with Gasteiger partial charge in [0.05, 0.1) is 10.8 Å². The number of piperazine rings is 1. The number of hydrogen-bond acceptors (Lipinski definition) is 5. The Morgan fingerprint density at radius 3 is 2.42 bits per heavy atom. The number of benzene rings is 2. The zero-order valence-corrected chi connectivity index (χ0v) is 17.9. The van der Waals surface area contributed by atoms with Gasteiger partial charge in [-0.05, 0) is 49.4 Å². The van der Waals surface area contributed by atoms with Crippen molar-refractivity contribution in [2.24, 2.45) is 0 Å². The number of hydrogen-bond donors (Lipinski definition) is 2. The third-order valence-corrected chi connectivity index (χ3v) is 5.85. The third kappa shape index (κ3) is 4.39. The van der Waals surface area contributed by atoms with Crippen molar-refractivity contribution >= 4 is 28.1 Å². The van der Waals surface area contributed by atoms with Crippen LogP contribution >= 0.6 is 0 Å². The van der Waals surface area contributed by atoms with Gasteiger partial charge in [-0.3, -0.25) is 19.5 Å². The molecule has 0 radical (unpaired) electrons. The first-order valence-electron chi connectivity index (χ1n) is 10.6. The molecule has 0 saturated carbocycles. The molecule has 0 bridgehead atoms. The van der Waals surface area contributed by atoms with Gasteiger partial charge in [0.25, 0.3) is 11.1 Å². The van der Waals surface area contributed by atoms with E-state index in [1.807, 2.05) is 19.1 Å². The first kappa shape index (κ1) is 20.9. The van der Waals surface area contributed by atoms with E-state index >= 15 is 0 Å². The third-order valence-electron chi connectivity index (χ3n) is 5.85. The number of anilines is 2. The molecular formula is C23H27N5O3. The van der Waals surface area contributed by atoms with Crippen molar-refractivity contribution in [3.8, 4) is 0 Å². The molecule has 2 N–H and O–H groups in total. The maximum Gasteiger partial charge on any atom is 0.273 e. The van der Waals surface area contributed by atoms with Crippen LogP contribution in [-0.4, -0.2) is 53.3 Å². The Morgan fingerprint density at radius 2 is 1.74 bits per heavy atom. The molecule has 0 spiro atoms. The summed E-state index contributed by atoms with van der Waals surface area (Å²) in [7, 11) is 0. The number of carbonyl (C=O) groups excluding carboxylic acids is 1. The summed E-state index contributed by atoms with van der Waals surface area (Å²) >= 11 is 0. The van der Waals surface area contributed by atoms with Gasteiger partial charge in [-0.15, -0.1) is 0 Å². The minimum absolute atomic E-state index is 0.265. The Bertz CT molecular complexity index is 1220. The normalized spacial score (nSPS) is 14.7. The molecule has 8 nitrogen and oxygen atoms in total. The van der Waals surface area contributed by atoms with Gasteiger partial charge in [-0.1, -0.05) is 19.1 Å². The largest absolute Gasteiger partial charge is 0.369 e. The van der Waals surface area contributed by atoms with Crippen LogP contribution in [0.4, 0.5) is 11.4 Å². The molecule has 0 unspecified atom stereocenters. The fourth-order valence-corrected chi connectivity index (χ4v) is 4.00. The molecular weight excluding hydrogens is 394 g/mol. The van der Waals surface area contributed by atoms with Crippen LogP contribution in [0.3, 0.4) is 0 Å². The zero-order valence-electron chi connectivity index (χ0n) is 17.9. The molecule has 1 fully saturated rings. The monoisotopic (exact) mass is 421 g/mol. The summed E-state index contributed by atoms with van der Waals surface area (Å²) < 4.78 is 1.05. The quantitative estimate of drug-likeness (QED) is 0.655. The van der Waals surface area contributed by atoms with Crippen molar-refractivity contribution in [2.75, 3.05) is 42.9 Å². The summed E-state index contributed by atoms with van der Waals surface area (Å²) in [5, 5.41) is 5.95. The fourth-order valence-electron chi connectivity index (χ4n) is 4.00. The molecule has 0 aliphatic carbocycles. The lowest BCUT2D eigenvalue weighted by molar-refractivity contribution is -0.117. The topological polar surface area (TPSA) is 90.4 Å². The average Bonchev–Trinajstić information content (AvgIpc) is 2.79. The summed E-state index contributed by atoms with van der Waals surface area (Å²) in [6.45, 7) is 9.00. The number of nitrogens with one attached hydrogen (secondary N) is 2. The van der Waals surface area contributed by atoms with E-state index in [0.717, 1.165) is 48.7 Å². The van der Waals surface area contributed by atoms with E-state index in [1.165, 1.54) is 0 Å². The van der Waals surface area contributed by atoms with Gasteiger partial charge >= 0.3 is 0 Å². The zero-order chi connectivity index (χ0) is 22.0. The maximum absolute atomic E-state index is 12.6. The van der Waals surface area contributed by atoms with Crippen LogP contribution in [0.15, 0.2) is 52.1 Å². The van der Waals surface area contributed by atoms with Crippen LogP contribution in [0.5, 0.6) is 0 Å². The Labute approximate surface area is 180 Å². The molecule has 1 aliphatic rings. The second-order valence-electron chi connectivity index (χ2n) is 7.85. The first-order chi connectivity index (χ1) is 15.0. The molecule has 0 atom stereocenters. The minimum Gasteiger partial charge on any atom is -0.369 e. The second-order valence-corrected chi connectivity index (χ2v) is 7.85. The Morgan fingerprint density at radius 1 is 1.03 bits per heavy atom. The molecule has 2 heterocycles. The van der Waals surface area contributed by atoms with E-state index in [0.29, 0.717) is 16.5 Å². The number of aryl methyl sites for hydroxylation is 1. The number of carbonyl (C=O) groups is 1. The summed E-state index contributed by atoms with van der Waals surface area (Å²) in [4.78, 5) is 42.2. The molecule has 1 amide bonds. The van der Waals surface area contributed by atoms with Crippen LogP contribution in [0.1, 0.15) is 12.5 Å². The van der Waals surface area contributed by atoms with Crippen molar-refractivity contribution in [2.45, 2.75) is 20.4 Å². The molecule has 31 heavy (non-hydrogen) atoms. The lowest BCUT2D eigenvalue weighted by atomic mass is 10.1. The van der Waals surface area contributed by atoms with Gasteiger partial charge in [-0.2, -0.15) is 0 Å². The smallest absolute Gasteiger partial charge is 0.273 e. The number of H-pyrrole nitrogens is 1. The molecule has 1 aliphatic heterocycles. The molecule has 1 aromatic heterocycles. The standard InChI is InChI=1S/C23H27N5O3/c1-3-26-10-12-27(13-11-26)17-8-9-20(16(2)14-17)24-21(29)15-28-23(31)19-7-5-4-6-18(19)22(30)25-28/h4-9,14H,3,10-13,15H2,1-2H3,(H,24,29)(H,25,30). The number of rotatable bonds is 5. The summed E-state index contributed by atoms with van der Waals surface area (Å²) in [6.07, 6.45) is 0. The van der Waals surface area contributed by atoms with Crippen molar-refractivity contribution in [3.05, 3.63) is 68.7 Å². The van der Waals surface area contributed by atoms with Crippen LogP contribution in [-0.2, 0) is 11.3 Å². The summed E-state index contributed by atoms with van der Waals surface area (Å²) in [6, 6.07) is 12.5. The van der Waals surface area contributed by atoms with E-state index in [4.69, 9.17) is 0 Å². The number of nitrogens with zero attached hydrogens (tertiary/aromatic N) is 3. The van der Waals surface area contributed by atoms with E-state index in [2.05, 4.69) is 33.2 Å². The summed E-state index contributed by atoms with van der Waals surface area (Å²) in [5.41, 5.74) is 1.98. The molecule has 1 saturated heterocycles. The van der Waals surface area contributed by atoms with Gasteiger partial charge in [0, 0.05) is 37.6 Å². The number of fused-ring (bicyclic) bond motifs is 1. The molecule has 8 heteroatoms. The highest BCUT2D eigenvalue weighted by molar-refractivity contribution is 5.91. The van der Waals surface area contributed by atoms with Gasteiger partial charge in [0.15, 0.2) is 0 Å². The fraction of sp³-hybridized carbons (Fsp3) is 0.348. The predicted octanol–water partition coefficient (Wildman–Crippen LogP) is 1.78. The molecule has 3 aromatic rings. The van der Waals surface area contributed by atoms with Crippen molar-refractivity contribution in [1.29, 1.82) is 0 Å². The van der Waals surface area contributed by atoms with Crippen molar-refractivity contribution in [1.82, 2.24) is 14.7 Å². The highest BCUT2D eigenvalue weighted by Gasteiger charge is 2.17. The second kappa shape index (κ2) is 8.77. The van der Waals surface area contributed by atoms with Gasteiger partial charge in [-0.25, -0.2) is 4.68 Å². The van der Waals surface area contributed by atoms with E-state index in [-0.39, 0.29) is 12.5 Å². The Balaban J connectivity index is 1.47. The number of aromatic nitrogens is 2. The highest BCUT2D eigenvalue weighted by Crippen LogP contribution is 2.23. The van der Waals surface area contributed by atoms with Crippen molar-refractivity contribution < 1.29 is 4.79 Å². The van der Waals surface area contributed by atoms with Gasteiger partial charge in [0.2, 0.25) is 5.91 Å². The van der Waals surface area contributed by atoms with Crippen LogP contribution < -0.4 is 21.3 Å². The number of amides is 1.